The predicted octanol–water partition coefficient (Wildman–Crippen LogP) is 1.56. The van der Waals surface area contributed by atoms with Crippen molar-refractivity contribution in [3.8, 4) is 0 Å². The maximum absolute atomic E-state index is 12.5. The molecule has 0 amide bonds. The lowest BCUT2D eigenvalue weighted by Gasteiger charge is -2.30. The van der Waals surface area contributed by atoms with Crippen LogP contribution in [0.5, 0.6) is 0 Å². The molecule has 0 bridgehead atoms. The van der Waals surface area contributed by atoms with Crippen LogP contribution in [0.3, 0.4) is 0 Å². The van der Waals surface area contributed by atoms with E-state index in [1.807, 2.05) is 19.9 Å². The Morgan fingerprint density at radius 1 is 1.39 bits per heavy atom. The summed E-state index contributed by atoms with van der Waals surface area (Å²) in [6, 6.07) is 1.18. The zero-order chi connectivity index (χ0) is 17.0. The second-order valence-corrected chi connectivity index (χ2v) is 6.68. The quantitative estimate of drug-likeness (QED) is 0.713. The Morgan fingerprint density at radius 3 is 2.61 bits per heavy atom. The number of carbonyl (C=O) groups excluding carboxylic acids is 1. The van der Waals surface area contributed by atoms with Crippen LogP contribution in [-0.2, 0) is 16.0 Å². The van der Waals surface area contributed by atoms with Gasteiger partial charge in [0.15, 0.2) is 6.04 Å². The number of ether oxygens (including phenoxy) is 1. The molecule has 2 heterocycles. The number of aromatic nitrogens is 2. The third kappa shape index (κ3) is 4.41. The maximum atomic E-state index is 12.5. The molecule has 1 aliphatic rings. The molecule has 1 saturated heterocycles. The summed E-state index contributed by atoms with van der Waals surface area (Å²) in [4.78, 5) is 26.9. The van der Waals surface area contributed by atoms with E-state index in [-0.39, 0.29) is 11.5 Å². The van der Waals surface area contributed by atoms with Gasteiger partial charge >= 0.3 is 5.97 Å². The Hall–Kier alpha value is -1.69. The molecule has 1 aliphatic heterocycles. The van der Waals surface area contributed by atoms with Gasteiger partial charge in [-0.25, -0.2) is 9.48 Å². The van der Waals surface area contributed by atoms with E-state index in [2.05, 4.69) is 10.00 Å². The van der Waals surface area contributed by atoms with E-state index < -0.39 is 12.0 Å². The molecule has 1 atom stereocenters. The van der Waals surface area contributed by atoms with Gasteiger partial charge in [-0.15, -0.1) is 0 Å². The van der Waals surface area contributed by atoms with E-state index in [9.17, 15) is 9.59 Å². The summed E-state index contributed by atoms with van der Waals surface area (Å²) < 4.78 is 6.21. The minimum absolute atomic E-state index is 0.214. The topological polar surface area (TPSA) is 64.4 Å². The van der Waals surface area contributed by atoms with Gasteiger partial charge in [0.05, 0.1) is 12.8 Å². The molecule has 6 heteroatoms. The van der Waals surface area contributed by atoms with Crippen LogP contribution in [0.1, 0.15) is 44.0 Å². The first kappa shape index (κ1) is 17.7. The third-order valence-corrected chi connectivity index (χ3v) is 4.26. The average molecular weight is 321 g/mol. The summed E-state index contributed by atoms with van der Waals surface area (Å²) in [6.45, 7) is 9.02. The smallest absolute Gasteiger partial charge is 0.330 e. The summed E-state index contributed by atoms with van der Waals surface area (Å²) in [5.74, 6) is -0.148. The third-order valence-electron chi connectivity index (χ3n) is 4.26. The largest absolute Gasteiger partial charge is 0.467 e. The normalized spacial score (nSPS) is 16.2. The zero-order valence-electron chi connectivity index (χ0n) is 14.5. The van der Waals surface area contributed by atoms with Crippen LogP contribution in [-0.4, -0.2) is 47.4 Å². The van der Waals surface area contributed by atoms with Crippen molar-refractivity contribution >= 4 is 5.97 Å². The van der Waals surface area contributed by atoms with Crippen molar-refractivity contribution in [2.45, 2.75) is 46.1 Å². The predicted molar refractivity (Wildman–Crippen MR) is 88.5 cm³/mol. The summed E-state index contributed by atoms with van der Waals surface area (Å²) in [7, 11) is 1.35. The van der Waals surface area contributed by atoms with Gasteiger partial charge in [0.25, 0.3) is 5.56 Å². The molecule has 2 rings (SSSR count). The molecule has 128 valence electrons. The second kappa shape index (κ2) is 7.73. The first-order valence-corrected chi connectivity index (χ1v) is 8.32. The SMILES string of the molecule is COC(=O)C(CC(C)C)n1nc(CCN2CCC2)cc(C)c1=O. The van der Waals surface area contributed by atoms with Crippen molar-refractivity contribution in [3.63, 3.8) is 0 Å². The molecule has 0 aliphatic carbocycles. The molecular formula is C17H27N3O3. The molecule has 0 radical (unpaired) electrons. The molecule has 1 unspecified atom stereocenters. The van der Waals surface area contributed by atoms with Crippen LogP contribution < -0.4 is 5.56 Å². The van der Waals surface area contributed by atoms with E-state index in [0.29, 0.717) is 12.0 Å². The number of rotatable bonds is 7. The Morgan fingerprint density at radius 2 is 2.09 bits per heavy atom. The van der Waals surface area contributed by atoms with Crippen molar-refractivity contribution in [2.75, 3.05) is 26.7 Å². The van der Waals surface area contributed by atoms with Gasteiger partial charge in [-0.05, 0) is 44.8 Å². The fourth-order valence-corrected chi connectivity index (χ4v) is 2.79. The van der Waals surface area contributed by atoms with Gasteiger partial charge in [0.1, 0.15) is 0 Å². The summed E-state index contributed by atoms with van der Waals surface area (Å²) in [5, 5.41) is 4.46. The average Bonchev–Trinajstić information content (AvgIpc) is 2.45. The fraction of sp³-hybridized carbons (Fsp3) is 0.706. The number of hydrogen-bond donors (Lipinski definition) is 0. The van der Waals surface area contributed by atoms with Gasteiger partial charge in [-0.3, -0.25) is 4.79 Å². The maximum Gasteiger partial charge on any atom is 0.330 e. The number of likely N-dealkylation sites (tertiary alicyclic amines) is 1. The number of esters is 1. The van der Waals surface area contributed by atoms with Gasteiger partial charge in [-0.2, -0.15) is 5.10 Å². The summed E-state index contributed by atoms with van der Waals surface area (Å²) in [6.07, 6.45) is 2.58. The minimum Gasteiger partial charge on any atom is -0.467 e. The molecular weight excluding hydrogens is 294 g/mol. The Kier molecular flexibility index (Phi) is 5.93. The second-order valence-electron chi connectivity index (χ2n) is 6.68. The van der Waals surface area contributed by atoms with Gasteiger partial charge < -0.3 is 9.64 Å². The van der Waals surface area contributed by atoms with Crippen molar-refractivity contribution in [3.05, 3.63) is 27.7 Å². The van der Waals surface area contributed by atoms with Crippen LogP contribution in [0.25, 0.3) is 0 Å². The highest BCUT2D eigenvalue weighted by atomic mass is 16.5. The summed E-state index contributed by atoms with van der Waals surface area (Å²) in [5.41, 5.74) is 1.26. The van der Waals surface area contributed by atoms with E-state index in [0.717, 1.165) is 31.7 Å². The number of nitrogens with zero attached hydrogens (tertiary/aromatic N) is 3. The first-order chi connectivity index (χ1) is 10.9. The fourth-order valence-electron chi connectivity index (χ4n) is 2.79. The van der Waals surface area contributed by atoms with Crippen molar-refractivity contribution in [1.29, 1.82) is 0 Å². The lowest BCUT2D eigenvalue weighted by atomic mass is 10.0. The van der Waals surface area contributed by atoms with E-state index in [1.165, 1.54) is 18.2 Å². The lowest BCUT2D eigenvalue weighted by Crippen LogP contribution is -2.39. The van der Waals surface area contributed by atoms with Crippen LogP contribution >= 0.6 is 0 Å². The highest BCUT2D eigenvalue weighted by Gasteiger charge is 2.26. The van der Waals surface area contributed by atoms with Crippen LogP contribution in [0.2, 0.25) is 0 Å². The lowest BCUT2D eigenvalue weighted by molar-refractivity contribution is -0.145. The van der Waals surface area contributed by atoms with Crippen molar-refractivity contribution < 1.29 is 9.53 Å². The standard InChI is InChI=1S/C17H27N3O3/c1-12(2)10-15(17(22)23-4)20-16(21)13(3)11-14(18-20)6-9-19-7-5-8-19/h11-12,15H,5-10H2,1-4H3. The van der Waals surface area contributed by atoms with E-state index in [4.69, 9.17) is 4.74 Å². The summed E-state index contributed by atoms with van der Waals surface area (Å²) >= 11 is 0. The molecule has 1 aromatic rings. The molecule has 1 aromatic heterocycles. The van der Waals surface area contributed by atoms with Gasteiger partial charge in [-0.1, -0.05) is 13.8 Å². The Bertz CT molecular complexity index is 606. The van der Waals surface area contributed by atoms with E-state index in [1.54, 1.807) is 6.92 Å². The highest BCUT2D eigenvalue weighted by molar-refractivity contribution is 5.73. The first-order valence-electron chi connectivity index (χ1n) is 8.32. The van der Waals surface area contributed by atoms with Gasteiger partial charge in [0.2, 0.25) is 0 Å². The van der Waals surface area contributed by atoms with Crippen LogP contribution in [0, 0.1) is 12.8 Å². The Balaban J connectivity index is 2.27. The molecule has 6 nitrogen and oxygen atoms in total. The minimum atomic E-state index is -0.657. The zero-order valence-corrected chi connectivity index (χ0v) is 14.5. The Labute approximate surface area is 137 Å². The van der Waals surface area contributed by atoms with E-state index >= 15 is 0 Å². The molecule has 0 aromatic carbocycles. The number of methoxy groups -OCH3 is 1. The molecule has 0 N–H and O–H groups in total. The monoisotopic (exact) mass is 321 g/mol. The number of hydrogen-bond acceptors (Lipinski definition) is 5. The van der Waals surface area contributed by atoms with Crippen LogP contribution in [0.15, 0.2) is 10.9 Å². The number of aryl methyl sites for hydroxylation is 1. The van der Waals surface area contributed by atoms with Crippen molar-refractivity contribution in [1.82, 2.24) is 14.7 Å². The molecule has 0 saturated carbocycles. The molecule has 0 spiro atoms. The van der Waals surface area contributed by atoms with Crippen LogP contribution in [0.4, 0.5) is 0 Å². The van der Waals surface area contributed by atoms with Crippen molar-refractivity contribution in [2.24, 2.45) is 5.92 Å². The van der Waals surface area contributed by atoms with Gasteiger partial charge in [0, 0.05) is 18.5 Å². The highest BCUT2D eigenvalue weighted by Crippen LogP contribution is 2.17. The number of carbonyl (C=O) groups is 1. The molecule has 23 heavy (non-hydrogen) atoms. The molecule has 1 fully saturated rings.